The number of hydrazine groups is 1. The number of carbonyl (C=O) groups is 2. The van der Waals surface area contributed by atoms with Crippen molar-refractivity contribution in [2.75, 3.05) is 12.4 Å². The van der Waals surface area contributed by atoms with E-state index in [4.69, 9.17) is 23.2 Å². The second-order valence-corrected chi connectivity index (χ2v) is 11.7. The van der Waals surface area contributed by atoms with Gasteiger partial charge in [-0.25, -0.2) is 24.8 Å². The van der Waals surface area contributed by atoms with Crippen LogP contribution in [0.15, 0.2) is 53.8 Å². The highest BCUT2D eigenvalue weighted by Gasteiger charge is 2.37. The first-order chi connectivity index (χ1) is 22.1. The van der Waals surface area contributed by atoms with E-state index in [2.05, 4.69) is 36.0 Å². The van der Waals surface area contributed by atoms with Crippen LogP contribution in [0.5, 0.6) is 0 Å². The molecule has 4 N–H and O–H groups in total. The largest absolute Gasteiger partial charge is 0.435 e. The van der Waals surface area contributed by atoms with Crippen LogP contribution in [0.3, 0.4) is 0 Å². The fraction of sp³-hybridized carbons (Fsp3) is 0.259. The molecule has 3 heterocycles. The molecule has 20 heteroatoms. The lowest BCUT2D eigenvalue weighted by molar-refractivity contribution is -0.525. The Balaban J connectivity index is 0.000000335. The zero-order valence-corrected chi connectivity index (χ0v) is 27.3. The number of pyridine rings is 1. The summed E-state index contributed by atoms with van der Waals surface area (Å²) in [6.07, 6.45) is -1.89. The fourth-order valence-electron chi connectivity index (χ4n) is 3.71. The van der Waals surface area contributed by atoms with Gasteiger partial charge in [0.15, 0.2) is 21.0 Å². The Morgan fingerprint density at radius 3 is 2.45 bits per heavy atom. The van der Waals surface area contributed by atoms with Gasteiger partial charge in [0.05, 0.1) is 22.8 Å². The van der Waals surface area contributed by atoms with Gasteiger partial charge in [-0.2, -0.15) is 18.3 Å². The number of amides is 2. The standard InChI is InChI=1S/C21H19ClF3N5O2.C6H8ClN5O2S/c1-11(2)27-19(31)13-7-4-6-12(3)17(13)28-20(32)15-10-16(21(23,24)25)29-30(15)18-14(22)8-5-9-26-18;1-8-6(11-12(13)14)10-3-4-2-9-5(7)15-4/h4-11H,1-3H3,(H,27,31)(H,28,32);2H,3H2,1H3,(H2,8,10,11). The molecule has 0 saturated heterocycles. The molecule has 3 aromatic heterocycles. The lowest BCUT2D eigenvalue weighted by Gasteiger charge is -2.15. The van der Waals surface area contributed by atoms with Gasteiger partial charge in [-0.1, -0.05) is 40.8 Å². The lowest BCUT2D eigenvalue weighted by Crippen LogP contribution is -2.39. The molecule has 1 aromatic carbocycles. The molecule has 4 rings (SSSR count). The Morgan fingerprint density at radius 1 is 1.15 bits per heavy atom. The summed E-state index contributed by atoms with van der Waals surface area (Å²) >= 11 is 13.0. The Kier molecular flexibility index (Phi) is 12.6. The molecule has 0 aliphatic carbocycles. The average Bonchev–Trinajstić information content (AvgIpc) is 3.63. The van der Waals surface area contributed by atoms with E-state index in [0.29, 0.717) is 22.6 Å². The fourth-order valence-corrected chi connectivity index (χ4v) is 4.83. The highest BCUT2D eigenvalue weighted by atomic mass is 35.5. The maximum atomic E-state index is 13.3. The zero-order valence-electron chi connectivity index (χ0n) is 25.0. The van der Waals surface area contributed by atoms with Crippen molar-refractivity contribution in [3.05, 3.63) is 95.8 Å². The second kappa shape index (κ2) is 16.1. The number of hydrogen-bond acceptors (Lipinski definition) is 9. The Labute approximate surface area is 279 Å². The molecule has 0 saturated carbocycles. The molecule has 0 radical (unpaired) electrons. The monoisotopic (exact) mass is 714 g/mol. The maximum Gasteiger partial charge on any atom is 0.435 e. The maximum absolute atomic E-state index is 13.3. The number of anilines is 1. The minimum absolute atomic E-state index is 0.00580. The van der Waals surface area contributed by atoms with Gasteiger partial charge in [-0.3, -0.25) is 14.6 Å². The number of rotatable bonds is 8. The zero-order chi connectivity index (χ0) is 34.9. The summed E-state index contributed by atoms with van der Waals surface area (Å²) in [6.45, 7) is 5.60. The number of hydrogen-bond donors (Lipinski definition) is 4. The van der Waals surface area contributed by atoms with Crippen LogP contribution in [0, 0.1) is 17.0 Å². The van der Waals surface area contributed by atoms with E-state index in [9.17, 15) is 32.9 Å². The minimum Gasteiger partial charge on any atom is -0.350 e. The first kappa shape index (κ1) is 36.7. The lowest BCUT2D eigenvalue weighted by atomic mass is 10.1. The quantitative estimate of drug-likeness (QED) is 0.0816. The van der Waals surface area contributed by atoms with Crippen LogP contribution in [-0.4, -0.2) is 55.6 Å². The van der Waals surface area contributed by atoms with E-state index >= 15 is 0 Å². The van der Waals surface area contributed by atoms with E-state index in [1.54, 1.807) is 39.1 Å². The van der Waals surface area contributed by atoms with Gasteiger partial charge < -0.3 is 16.0 Å². The van der Waals surface area contributed by atoms with E-state index in [1.165, 1.54) is 42.8 Å². The molecule has 0 aliphatic rings. The van der Waals surface area contributed by atoms with E-state index in [-0.39, 0.29) is 34.1 Å². The van der Waals surface area contributed by atoms with Crippen molar-refractivity contribution in [2.45, 2.75) is 39.5 Å². The summed E-state index contributed by atoms with van der Waals surface area (Å²) in [4.78, 5) is 48.1. The number of aromatic nitrogens is 4. The summed E-state index contributed by atoms with van der Waals surface area (Å²) in [5.41, 5.74) is 1.08. The first-order valence-corrected chi connectivity index (χ1v) is 14.9. The number of benzene rings is 1. The number of nitrogens with zero attached hydrogens (tertiary/aromatic N) is 6. The van der Waals surface area contributed by atoms with Gasteiger partial charge in [0, 0.05) is 36.4 Å². The van der Waals surface area contributed by atoms with Crippen molar-refractivity contribution in [3.63, 3.8) is 0 Å². The number of halogens is 5. The van der Waals surface area contributed by atoms with Gasteiger partial charge in [0.1, 0.15) is 5.69 Å². The number of thiazole rings is 1. The predicted octanol–water partition coefficient (Wildman–Crippen LogP) is 5.29. The van der Waals surface area contributed by atoms with E-state index in [0.717, 1.165) is 9.56 Å². The number of nitrogens with one attached hydrogen (secondary N) is 4. The Morgan fingerprint density at radius 2 is 1.87 bits per heavy atom. The summed E-state index contributed by atoms with van der Waals surface area (Å²) in [5.74, 6) is -1.40. The Bertz CT molecular complexity index is 1780. The number of aryl methyl sites for hydroxylation is 1. The third-order valence-corrected chi connectivity index (χ3v) is 7.13. The van der Waals surface area contributed by atoms with Crippen LogP contribution in [0.25, 0.3) is 5.82 Å². The summed E-state index contributed by atoms with van der Waals surface area (Å²) in [5, 5.41) is 21.0. The molecule has 0 spiro atoms. The van der Waals surface area contributed by atoms with Crippen molar-refractivity contribution < 1.29 is 27.8 Å². The molecule has 0 fully saturated rings. The Hall–Kier alpha value is -4.81. The number of aliphatic imine (C=N–C) groups is 1. The summed E-state index contributed by atoms with van der Waals surface area (Å²) in [7, 11) is 1.44. The van der Waals surface area contributed by atoms with Crippen LogP contribution in [0.1, 0.15) is 50.8 Å². The molecule has 0 atom stereocenters. The molecule has 14 nitrogen and oxygen atoms in total. The molecule has 0 unspecified atom stereocenters. The molecular formula is C27H27Cl2F3N10O4S. The van der Waals surface area contributed by atoms with Gasteiger partial charge >= 0.3 is 6.18 Å². The number of para-hydroxylation sites is 1. The van der Waals surface area contributed by atoms with Crippen molar-refractivity contribution in [1.29, 1.82) is 0 Å². The predicted molar refractivity (Wildman–Crippen MR) is 171 cm³/mol. The number of carbonyl (C=O) groups excluding carboxylic acids is 2. The normalized spacial score (nSPS) is 11.4. The van der Waals surface area contributed by atoms with Crippen LogP contribution < -0.4 is 21.4 Å². The molecule has 0 bridgehead atoms. The third kappa shape index (κ3) is 10.3. The molecule has 47 heavy (non-hydrogen) atoms. The van der Waals surface area contributed by atoms with Gasteiger partial charge in [0.2, 0.25) is 0 Å². The van der Waals surface area contributed by atoms with Crippen molar-refractivity contribution in [1.82, 2.24) is 35.8 Å². The molecule has 0 aliphatic heterocycles. The van der Waals surface area contributed by atoms with Gasteiger partial charge in [-0.05, 0) is 44.5 Å². The topological polar surface area (TPSA) is 181 Å². The molecule has 250 valence electrons. The van der Waals surface area contributed by atoms with Gasteiger partial charge in [-0.15, -0.1) is 11.3 Å². The van der Waals surface area contributed by atoms with Gasteiger partial charge in [0.25, 0.3) is 17.8 Å². The SMILES string of the molecule is CN=C(NCc1cnc(Cl)s1)N[N+](=O)[O-].Cc1cccc(C(=O)NC(C)C)c1NC(=O)c1cc(C(F)(F)F)nn1-c1ncccc1Cl. The number of guanidine groups is 1. The highest BCUT2D eigenvalue weighted by Crippen LogP contribution is 2.31. The minimum atomic E-state index is -4.80. The first-order valence-electron chi connectivity index (χ1n) is 13.3. The molecule has 2 amide bonds. The van der Waals surface area contributed by atoms with Crippen molar-refractivity contribution >= 4 is 58.0 Å². The number of alkyl halides is 3. The van der Waals surface area contributed by atoms with Crippen LogP contribution in [-0.2, 0) is 12.7 Å². The average molecular weight is 716 g/mol. The molecule has 4 aromatic rings. The second-order valence-electron chi connectivity index (χ2n) is 9.59. The van der Waals surface area contributed by atoms with Crippen LogP contribution in [0.2, 0.25) is 9.49 Å². The molecular weight excluding hydrogens is 688 g/mol. The van der Waals surface area contributed by atoms with Crippen LogP contribution >= 0.6 is 34.5 Å². The smallest absolute Gasteiger partial charge is 0.350 e. The number of nitro groups is 1. The van der Waals surface area contributed by atoms with Crippen molar-refractivity contribution in [2.24, 2.45) is 4.99 Å². The third-order valence-electron chi connectivity index (χ3n) is 5.72. The van der Waals surface area contributed by atoms with E-state index < -0.39 is 34.4 Å². The van der Waals surface area contributed by atoms with E-state index in [1.807, 2.05) is 5.43 Å². The highest BCUT2D eigenvalue weighted by molar-refractivity contribution is 7.15. The summed E-state index contributed by atoms with van der Waals surface area (Å²) in [6, 6.07) is 8.16. The van der Waals surface area contributed by atoms with Crippen LogP contribution in [0.4, 0.5) is 18.9 Å². The van der Waals surface area contributed by atoms with Crippen molar-refractivity contribution in [3.8, 4) is 5.82 Å². The summed E-state index contributed by atoms with van der Waals surface area (Å²) < 4.78 is 41.2.